The van der Waals surface area contributed by atoms with Gasteiger partial charge in [-0.25, -0.2) is 0 Å². The van der Waals surface area contributed by atoms with Crippen molar-refractivity contribution in [2.75, 3.05) is 0 Å². The number of imide groups is 1. The van der Waals surface area contributed by atoms with Crippen LogP contribution in [0.4, 0.5) is 0 Å². The zero-order chi connectivity index (χ0) is 34.7. The molecule has 0 bridgehead atoms. The number of benzene rings is 5. The largest absolute Gasteiger partial charge is 0.475 e. The summed E-state index contributed by atoms with van der Waals surface area (Å²) in [5.74, 6) is -1.10. The molecule has 1 aliphatic heterocycles. The summed E-state index contributed by atoms with van der Waals surface area (Å²) < 4.78 is 8.12. The number of pyridine rings is 1. The van der Waals surface area contributed by atoms with E-state index in [9.17, 15) is 14.4 Å². The Bertz CT molecular complexity index is 2110. The zero-order valence-electron chi connectivity index (χ0n) is 27.6. The lowest BCUT2D eigenvalue weighted by molar-refractivity contribution is -0.148. The van der Waals surface area contributed by atoms with Crippen LogP contribution in [-0.2, 0) is 4.84 Å². The van der Waals surface area contributed by atoms with Gasteiger partial charge in [-0.15, -0.1) is 5.06 Å². The molecule has 8 heteroatoms. The van der Waals surface area contributed by atoms with E-state index >= 15 is 0 Å². The van der Waals surface area contributed by atoms with Gasteiger partial charge in [-0.1, -0.05) is 133 Å². The van der Waals surface area contributed by atoms with Crippen molar-refractivity contribution < 1.29 is 24.0 Å². The van der Waals surface area contributed by atoms with E-state index in [2.05, 4.69) is 0 Å². The number of aromatic nitrogens is 1. The third-order valence-corrected chi connectivity index (χ3v) is 9.20. The smallest absolute Gasteiger partial charge is 0.285 e. The summed E-state index contributed by atoms with van der Waals surface area (Å²) in [6, 6.07) is 47.1. The fourth-order valence-corrected chi connectivity index (χ4v) is 6.45. The molecule has 0 spiro atoms. The number of hydroxylamine groups is 2. The standard InChI is InChI=1S/C43H34N2O6/c46-37-27-36(41(33-25-26-33)51-45-42(47)34-23-13-14-24-35(34)43(45)48)44(50-40(31-19-9-3-10-20-31)32-21-11-4-12-22-32)28-38(37)49-39(29-15-5-1-6-16-29)30-17-7-2-8-18-30/h1-24,27-28,33,39-41H,25-26H2. The Morgan fingerprint density at radius 1 is 0.529 bits per heavy atom. The van der Waals surface area contributed by atoms with Gasteiger partial charge in [0.2, 0.25) is 5.43 Å². The maximum absolute atomic E-state index is 14.1. The zero-order valence-corrected chi connectivity index (χ0v) is 27.6. The topological polar surface area (TPSA) is 87.1 Å². The molecule has 1 fully saturated rings. The third-order valence-electron chi connectivity index (χ3n) is 9.20. The Balaban J connectivity index is 1.24. The highest BCUT2D eigenvalue weighted by molar-refractivity contribution is 6.20. The monoisotopic (exact) mass is 674 g/mol. The summed E-state index contributed by atoms with van der Waals surface area (Å²) in [7, 11) is 0. The molecule has 1 aliphatic carbocycles. The fourth-order valence-electron chi connectivity index (χ4n) is 6.45. The fraction of sp³-hybridized carbons (Fsp3) is 0.140. The number of ether oxygens (including phenoxy) is 1. The molecule has 2 amide bonds. The van der Waals surface area contributed by atoms with Gasteiger partial charge >= 0.3 is 0 Å². The predicted octanol–water partition coefficient (Wildman–Crippen LogP) is 7.91. The van der Waals surface area contributed by atoms with E-state index < -0.39 is 35.6 Å². The molecule has 1 aromatic heterocycles. The third kappa shape index (κ3) is 6.57. The Kier molecular flexibility index (Phi) is 8.74. The Hall–Kier alpha value is -6.25. The van der Waals surface area contributed by atoms with Crippen LogP contribution in [0.1, 0.15) is 79.8 Å². The lowest BCUT2D eigenvalue weighted by Crippen LogP contribution is -2.35. The number of nitrogens with zero attached hydrogens (tertiary/aromatic N) is 2. The van der Waals surface area contributed by atoms with Gasteiger partial charge in [0, 0.05) is 6.07 Å². The number of rotatable bonds is 12. The molecule has 2 heterocycles. The van der Waals surface area contributed by atoms with Crippen molar-refractivity contribution in [2.45, 2.75) is 31.2 Å². The van der Waals surface area contributed by atoms with Crippen molar-refractivity contribution in [3.8, 4) is 5.75 Å². The molecule has 0 N–H and O–H groups in total. The van der Waals surface area contributed by atoms with Gasteiger partial charge in [-0.05, 0) is 53.1 Å². The normalized spacial score (nSPS) is 14.5. The van der Waals surface area contributed by atoms with E-state index in [1.807, 2.05) is 121 Å². The molecule has 8 rings (SSSR count). The van der Waals surface area contributed by atoms with Crippen molar-refractivity contribution in [2.24, 2.45) is 5.92 Å². The van der Waals surface area contributed by atoms with E-state index in [1.165, 1.54) is 10.8 Å². The van der Waals surface area contributed by atoms with Gasteiger partial charge in [0.15, 0.2) is 11.9 Å². The van der Waals surface area contributed by atoms with Crippen molar-refractivity contribution in [1.82, 2.24) is 9.79 Å². The maximum atomic E-state index is 14.1. The number of hydrogen-bond acceptors (Lipinski definition) is 6. The van der Waals surface area contributed by atoms with E-state index in [1.54, 1.807) is 30.5 Å². The van der Waals surface area contributed by atoms with Gasteiger partial charge in [-0.3, -0.25) is 19.2 Å². The molecule has 8 nitrogen and oxygen atoms in total. The number of hydrogen-bond donors (Lipinski definition) is 0. The molecule has 0 radical (unpaired) electrons. The molecule has 2 aliphatic rings. The molecule has 1 saturated carbocycles. The molecular weight excluding hydrogens is 640 g/mol. The molecular formula is C43H34N2O6. The quantitative estimate of drug-likeness (QED) is 0.123. The minimum Gasteiger partial charge on any atom is -0.475 e. The second-order valence-electron chi connectivity index (χ2n) is 12.7. The molecule has 1 unspecified atom stereocenters. The molecule has 6 aromatic rings. The van der Waals surface area contributed by atoms with Gasteiger partial charge in [0.1, 0.15) is 12.2 Å². The Morgan fingerprint density at radius 2 is 0.961 bits per heavy atom. The van der Waals surface area contributed by atoms with Crippen molar-refractivity contribution in [3.05, 3.63) is 207 Å². The molecule has 5 aromatic carbocycles. The second kappa shape index (κ2) is 13.9. The lowest BCUT2D eigenvalue weighted by atomic mass is 10.0. The Labute approximate surface area is 295 Å². The van der Waals surface area contributed by atoms with Crippen LogP contribution < -0.4 is 15.0 Å². The van der Waals surface area contributed by atoms with E-state index in [0.29, 0.717) is 5.69 Å². The molecule has 0 saturated heterocycles. The van der Waals surface area contributed by atoms with Crippen LogP contribution in [0, 0.1) is 5.92 Å². The van der Waals surface area contributed by atoms with Crippen LogP contribution in [-0.4, -0.2) is 21.6 Å². The van der Waals surface area contributed by atoms with Crippen LogP contribution in [0.3, 0.4) is 0 Å². The van der Waals surface area contributed by atoms with Crippen LogP contribution in [0.5, 0.6) is 5.75 Å². The van der Waals surface area contributed by atoms with Gasteiger partial charge in [0.05, 0.1) is 23.0 Å². The molecule has 252 valence electrons. The summed E-state index contributed by atoms with van der Waals surface area (Å²) in [4.78, 5) is 54.2. The van der Waals surface area contributed by atoms with Gasteiger partial charge in [0.25, 0.3) is 11.8 Å². The summed E-state index contributed by atoms with van der Waals surface area (Å²) in [6.07, 6.45) is 1.08. The van der Waals surface area contributed by atoms with Crippen molar-refractivity contribution >= 4 is 11.8 Å². The molecule has 1 atom stereocenters. The van der Waals surface area contributed by atoms with Crippen LogP contribution in [0.2, 0.25) is 0 Å². The summed E-state index contributed by atoms with van der Waals surface area (Å²) >= 11 is 0. The first-order valence-electron chi connectivity index (χ1n) is 17.0. The summed E-state index contributed by atoms with van der Waals surface area (Å²) in [6.45, 7) is 0. The maximum Gasteiger partial charge on any atom is 0.285 e. The number of fused-ring (bicyclic) bond motifs is 1. The minimum absolute atomic E-state index is 0.0617. The van der Waals surface area contributed by atoms with Gasteiger partial charge in [-0.2, -0.15) is 4.73 Å². The molecule has 51 heavy (non-hydrogen) atoms. The number of amides is 2. The summed E-state index contributed by atoms with van der Waals surface area (Å²) in [5.41, 5.74) is 4.02. The van der Waals surface area contributed by atoms with Crippen molar-refractivity contribution in [3.63, 3.8) is 0 Å². The number of carbonyl (C=O) groups is 2. The average Bonchev–Trinajstić information content (AvgIpc) is 4.00. The van der Waals surface area contributed by atoms with E-state index in [4.69, 9.17) is 14.4 Å². The second-order valence-corrected chi connectivity index (χ2v) is 12.7. The first kappa shape index (κ1) is 32.0. The van der Waals surface area contributed by atoms with Crippen LogP contribution >= 0.6 is 0 Å². The van der Waals surface area contributed by atoms with E-state index in [0.717, 1.165) is 40.2 Å². The highest BCUT2D eigenvalue weighted by Gasteiger charge is 2.44. The highest BCUT2D eigenvalue weighted by atomic mass is 16.7. The highest BCUT2D eigenvalue weighted by Crippen LogP contribution is 2.45. The van der Waals surface area contributed by atoms with Crippen LogP contribution in [0.15, 0.2) is 163 Å². The number of carbonyl (C=O) groups excluding carboxylic acids is 2. The minimum atomic E-state index is -0.847. The average molecular weight is 675 g/mol. The Morgan fingerprint density at radius 3 is 1.41 bits per heavy atom. The first-order chi connectivity index (χ1) is 25.0. The van der Waals surface area contributed by atoms with Crippen LogP contribution in [0.25, 0.3) is 0 Å². The summed E-state index contributed by atoms with van der Waals surface area (Å²) in [5, 5.41) is 0.819. The SMILES string of the molecule is O=C1c2ccccc2C(=O)N1OC(c1cc(=O)c(OC(c2ccccc2)c2ccccc2)cn1OC(c1ccccc1)c1ccccc1)C1CC1. The van der Waals surface area contributed by atoms with E-state index in [-0.39, 0.29) is 22.8 Å². The predicted molar refractivity (Wildman–Crippen MR) is 191 cm³/mol. The lowest BCUT2D eigenvalue weighted by Gasteiger charge is -2.29. The van der Waals surface area contributed by atoms with Crippen molar-refractivity contribution in [1.29, 1.82) is 0 Å². The van der Waals surface area contributed by atoms with Gasteiger partial charge < -0.3 is 9.57 Å². The first-order valence-corrected chi connectivity index (χ1v) is 17.0.